The molecule has 5 nitrogen and oxygen atoms in total. The smallest absolute Gasteiger partial charge is 0.153 e. The zero-order valence-electron chi connectivity index (χ0n) is 9.65. The molecule has 17 heavy (non-hydrogen) atoms. The van der Waals surface area contributed by atoms with Gasteiger partial charge in [-0.15, -0.1) is 0 Å². The van der Waals surface area contributed by atoms with Crippen LogP contribution in [0.4, 0.5) is 0 Å². The fourth-order valence-electron chi connectivity index (χ4n) is 2.40. The molecule has 0 aromatic carbocycles. The average Bonchev–Trinajstić information content (AvgIpc) is 2.62. The van der Waals surface area contributed by atoms with E-state index in [0.717, 1.165) is 11.5 Å². The number of H-pyrrole nitrogens is 1. The highest BCUT2D eigenvalue weighted by Gasteiger charge is 2.28. The molecule has 2 heterocycles. The molecule has 6 heteroatoms. The maximum atomic E-state index is 11.6. The summed E-state index contributed by atoms with van der Waals surface area (Å²) in [6, 6.07) is -0.116. The van der Waals surface area contributed by atoms with Crippen molar-refractivity contribution < 1.29 is 8.42 Å². The fourth-order valence-corrected chi connectivity index (χ4v) is 3.80. The van der Waals surface area contributed by atoms with Crippen LogP contribution in [0.1, 0.15) is 42.7 Å². The Kier molecular flexibility index (Phi) is 2.71. The number of hydrogen-bond donors (Lipinski definition) is 2. The van der Waals surface area contributed by atoms with E-state index in [2.05, 4.69) is 15.3 Å². The number of sulfone groups is 1. The fraction of sp³-hybridized carbons (Fsp3) is 0.727. The van der Waals surface area contributed by atoms with Crippen LogP contribution in [0.3, 0.4) is 0 Å². The van der Waals surface area contributed by atoms with E-state index in [1.54, 1.807) is 6.20 Å². The maximum absolute atomic E-state index is 11.6. The van der Waals surface area contributed by atoms with Crippen molar-refractivity contribution in [1.29, 1.82) is 0 Å². The van der Waals surface area contributed by atoms with E-state index < -0.39 is 9.84 Å². The number of nitrogens with zero attached hydrogens (tertiary/aromatic N) is 1. The zero-order valence-corrected chi connectivity index (χ0v) is 10.5. The lowest BCUT2D eigenvalue weighted by molar-refractivity contribution is 0.403. The molecule has 1 saturated carbocycles. The van der Waals surface area contributed by atoms with Gasteiger partial charge in [0.2, 0.25) is 0 Å². The lowest BCUT2D eigenvalue weighted by Crippen LogP contribution is -2.39. The van der Waals surface area contributed by atoms with Gasteiger partial charge in [-0.25, -0.2) is 13.4 Å². The highest BCUT2D eigenvalue weighted by molar-refractivity contribution is 7.91. The number of aromatic amines is 1. The monoisotopic (exact) mass is 255 g/mol. The molecular weight excluding hydrogens is 238 g/mol. The molecule has 1 aliphatic heterocycles. The number of nitrogens with one attached hydrogen (secondary N) is 2. The topological polar surface area (TPSA) is 74.8 Å². The van der Waals surface area contributed by atoms with Crippen molar-refractivity contribution in [3.63, 3.8) is 0 Å². The second-order valence-electron chi connectivity index (χ2n) is 4.97. The Balaban J connectivity index is 1.77. The summed E-state index contributed by atoms with van der Waals surface area (Å²) in [6.45, 7) is 0.533. The summed E-state index contributed by atoms with van der Waals surface area (Å²) >= 11 is 0. The van der Waals surface area contributed by atoms with Gasteiger partial charge in [0.25, 0.3) is 0 Å². The normalized spacial score (nSPS) is 28.8. The SMILES string of the molecule is O=S1(=O)CCNC(c2cnc(C3CCC3)[nH]2)C1. The molecule has 1 aromatic heterocycles. The Hall–Kier alpha value is -0.880. The third kappa shape index (κ3) is 2.24. The highest BCUT2D eigenvalue weighted by Crippen LogP contribution is 2.35. The summed E-state index contributed by atoms with van der Waals surface area (Å²) in [5.41, 5.74) is 0.912. The second-order valence-corrected chi connectivity index (χ2v) is 7.20. The van der Waals surface area contributed by atoms with E-state index in [1.165, 1.54) is 19.3 Å². The zero-order chi connectivity index (χ0) is 11.9. The largest absolute Gasteiger partial charge is 0.344 e. The van der Waals surface area contributed by atoms with Crippen LogP contribution < -0.4 is 5.32 Å². The average molecular weight is 255 g/mol. The van der Waals surface area contributed by atoms with Crippen LogP contribution in [-0.4, -0.2) is 36.4 Å². The molecule has 1 saturated heterocycles. The van der Waals surface area contributed by atoms with Gasteiger partial charge in [-0.1, -0.05) is 6.42 Å². The predicted molar refractivity (Wildman–Crippen MR) is 64.6 cm³/mol. The molecular formula is C11H17N3O2S. The number of imidazole rings is 1. The molecule has 1 aromatic rings. The van der Waals surface area contributed by atoms with Gasteiger partial charge in [0, 0.05) is 18.7 Å². The van der Waals surface area contributed by atoms with Crippen LogP contribution in [0.5, 0.6) is 0 Å². The third-order valence-electron chi connectivity index (χ3n) is 3.71. The van der Waals surface area contributed by atoms with Crippen LogP contribution in [-0.2, 0) is 9.84 Å². The standard InChI is InChI=1S/C11H17N3O2S/c15-17(16)5-4-12-10(7-17)9-6-13-11(14-9)8-2-1-3-8/h6,8,10,12H,1-5,7H2,(H,13,14). The summed E-state index contributed by atoms with van der Waals surface area (Å²) in [7, 11) is -2.89. The lowest BCUT2D eigenvalue weighted by Gasteiger charge is -2.24. The Morgan fingerprint density at radius 1 is 1.35 bits per heavy atom. The number of aromatic nitrogens is 2. The van der Waals surface area contributed by atoms with E-state index in [-0.39, 0.29) is 17.5 Å². The third-order valence-corrected chi connectivity index (χ3v) is 5.37. The van der Waals surface area contributed by atoms with E-state index in [0.29, 0.717) is 12.5 Å². The minimum absolute atomic E-state index is 0.116. The molecule has 0 radical (unpaired) electrons. The lowest BCUT2D eigenvalue weighted by atomic mass is 9.85. The quantitative estimate of drug-likeness (QED) is 0.817. The van der Waals surface area contributed by atoms with Gasteiger partial charge in [-0.05, 0) is 12.8 Å². The first kappa shape index (κ1) is 11.2. The van der Waals surface area contributed by atoms with E-state index in [1.807, 2.05) is 0 Å². The second kappa shape index (κ2) is 4.10. The maximum Gasteiger partial charge on any atom is 0.153 e. The first-order valence-corrected chi connectivity index (χ1v) is 7.95. The molecule has 0 amide bonds. The molecule has 2 aliphatic rings. The Morgan fingerprint density at radius 2 is 2.18 bits per heavy atom. The summed E-state index contributed by atoms with van der Waals surface area (Å²) in [4.78, 5) is 7.66. The summed E-state index contributed by atoms with van der Waals surface area (Å²) in [5.74, 6) is 2.01. The van der Waals surface area contributed by atoms with E-state index in [4.69, 9.17) is 0 Å². The molecule has 94 valence electrons. The van der Waals surface area contributed by atoms with Crippen molar-refractivity contribution in [1.82, 2.24) is 15.3 Å². The molecule has 3 rings (SSSR count). The van der Waals surface area contributed by atoms with Crippen LogP contribution in [0.25, 0.3) is 0 Å². The van der Waals surface area contributed by atoms with Crippen LogP contribution >= 0.6 is 0 Å². The van der Waals surface area contributed by atoms with Gasteiger partial charge in [-0.3, -0.25) is 0 Å². The van der Waals surface area contributed by atoms with Crippen molar-refractivity contribution in [2.75, 3.05) is 18.1 Å². The molecule has 2 fully saturated rings. The van der Waals surface area contributed by atoms with Crippen LogP contribution in [0.2, 0.25) is 0 Å². The van der Waals surface area contributed by atoms with Crippen molar-refractivity contribution in [2.24, 2.45) is 0 Å². The molecule has 1 aliphatic carbocycles. The predicted octanol–water partition coefficient (Wildman–Crippen LogP) is 0.736. The Morgan fingerprint density at radius 3 is 2.82 bits per heavy atom. The van der Waals surface area contributed by atoms with Gasteiger partial charge in [0.15, 0.2) is 9.84 Å². The van der Waals surface area contributed by atoms with Crippen molar-refractivity contribution >= 4 is 9.84 Å². The van der Waals surface area contributed by atoms with Gasteiger partial charge >= 0.3 is 0 Å². The first-order valence-electron chi connectivity index (χ1n) is 6.13. The number of hydrogen-bond acceptors (Lipinski definition) is 4. The highest BCUT2D eigenvalue weighted by atomic mass is 32.2. The molecule has 0 spiro atoms. The molecule has 2 N–H and O–H groups in total. The van der Waals surface area contributed by atoms with Crippen molar-refractivity contribution in [2.45, 2.75) is 31.2 Å². The number of rotatable bonds is 2. The Labute approximate surface area is 101 Å². The van der Waals surface area contributed by atoms with Gasteiger partial charge in [0.1, 0.15) is 5.82 Å². The summed E-state index contributed by atoms with van der Waals surface area (Å²) in [5, 5.41) is 3.23. The summed E-state index contributed by atoms with van der Waals surface area (Å²) < 4.78 is 23.1. The van der Waals surface area contributed by atoms with Gasteiger partial charge < -0.3 is 10.3 Å². The van der Waals surface area contributed by atoms with Crippen LogP contribution in [0.15, 0.2) is 6.20 Å². The van der Waals surface area contributed by atoms with Crippen molar-refractivity contribution in [3.8, 4) is 0 Å². The van der Waals surface area contributed by atoms with Gasteiger partial charge in [0.05, 0.1) is 23.2 Å². The first-order chi connectivity index (χ1) is 8.14. The van der Waals surface area contributed by atoms with Crippen LogP contribution in [0, 0.1) is 0 Å². The minimum atomic E-state index is -2.89. The molecule has 1 atom stereocenters. The molecule has 1 unspecified atom stereocenters. The van der Waals surface area contributed by atoms with Gasteiger partial charge in [-0.2, -0.15) is 0 Å². The minimum Gasteiger partial charge on any atom is -0.344 e. The molecule has 0 bridgehead atoms. The van der Waals surface area contributed by atoms with E-state index in [9.17, 15) is 8.42 Å². The summed E-state index contributed by atoms with van der Waals surface area (Å²) in [6.07, 6.45) is 5.45. The Bertz CT molecular complexity index is 505. The van der Waals surface area contributed by atoms with Crippen molar-refractivity contribution in [3.05, 3.63) is 17.7 Å². The van der Waals surface area contributed by atoms with E-state index >= 15 is 0 Å².